The van der Waals surface area contributed by atoms with Crippen molar-refractivity contribution in [1.29, 1.82) is 0 Å². The molecule has 0 aliphatic heterocycles. The van der Waals surface area contributed by atoms with Crippen LogP contribution >= 0.6 is 0 Å². The summed E-state index contributed by atoms with van der Waals surface area (Å²) in [7, 11) is 1.43. The summed E-state index contributed by atoms with van der Waals surface area (Å²) in [5.41, 5.74) is 2.85. The van der Waals surface area contributed by atoms with Gasteiger partial charge in [-0.05, 0) is 55.7 Å². The Kier molecular flexibility index (Phi) is 8.07. The Morgan fingerprint density at radius 3 is 2.15 bits per heavy atom. The Balaban J connectivity index is 1.74. The first-order valence-electron chi connectivity index (χ1n) is 10.7. The van der Waals surface area contributed by atoms with Crippen molar-refractivity contribution < 1.29 is 29.0 Å². The summed E-state index contributed by atoms with van der Waals surface area (Å²) in [5.74, 6) is -4.67. The van der Waals surface area contributed by atoms with Gasteiger partial charge in [-0.2, -0.15) is 10.2 Å². The van der Waals surface area contributed by atoms with Crippen molar-refractivity contribution in [2.75, 3.05) is 12.4 Å². The third-order valence-electron chi connectivity index (χ3n) is 5.84. The molecule has 0 heterocycles. The lowest BCUT2D eigenvalue weighted by Crippen LogP contribution is -2.38. The predicted molar refractivity (Wildman–Crippen MR) is 123 cm³/mol. The number of aryl methyl sites for hydroxylation is 1. The lowest BCUT2D eigenvalue weighted by atomic mass is 9.85. The molecule has 0 aromatic heterocycles. The number of rotatable bonds is 9. The standard InChI is InChI=1S/C24H26N4O6/c1-14-3-5-16(6-4-14)27-28-17-9-7-15(8-10-17)26-24(33)22-18(12-21(30)31)19(23(32)25-2)11-20(22)34-13-29/h3-10,13,18-20,22H,11-12H2,1-2H3,(H,25,32)(H,26,33)(H,30,31). The summed E-state index contributed by atoms with van der Waals surface area (Å²) in [6.45, 7) is 2.19. The van der Waals surface area contributed by atoms with Crippen molar-refractivity contribution >= 4 is 41.3 Å². The average Bonchev–Trinajstić information content (AvgIpc) is 3.16. The number of azo groups is 1. The topological polar surface area (TPSA) is 147 Å². The Morgan fingerprint density at radius 2 is 1.62 bits per heavy atom. The van der Waals surface area contributed by atoms with Crippen molar-refractivity contribution in [3.8, 4) is 0 Å². The van der Waals surface area contributed by atoms with Gasteiger partial charge in [0.05, 0.1) is 17.3 Å². The van der Waals surface area contributed by atoms with Crippen LogP contribution in [0.25, 0.3) is 0 Å². The van der Waals surface area contributed by atoms with Gasteiger partial charge in [0, 0.05) is 25.1 Å². The number of hydrogen-bond acceptors (Lipinski definition) is 7. The molecule has 3 rings (SSSR count). The Morgan fingerprint density at radius 1 is 1.03 bits per heavy atom. The quantitative estimate of drug-likeness (QED) is 0.381. The van der Waals surface area contributed by atoms with Crippen LogP contribution in [0.15, 0.2) is 58.8 Å². The van der Waals surface area contributed by atoms with E-state index >= 15 is 0 Å². The Bertz CT molecular complexity index is 1070. The second-order valence-electron chi connectivity index (χ2n) is 8.09. The molecule has 2 aromatic carbocycles. The van der Waals surface area contributed by atoms with E-state index < -0.39 is 48.1 Å². The summed E-state index contributed by atoms with van der Waals surface area (Å²) in [6.07, 6.45) is -1.26. The molecule has 1 aliphatic rings. The Hall–Kier alpha value is -4.08. The van der Waals surface area contributed by atoms with Crippen LogP contribution in [-0.2, 0) is 23.9 Å². The van der Waals surface area contributed by atoms with E-state index in [1.165, 1.54) is 7.05 Å². The highest BCUT2D eigenvalue weighted by Gasteiger charge is 2.51. The number of nitrogens with one attached hydrogen (secondary N) is 2. The number of hydrogen-bond donors (Lipinski definition) is 3. The van der Waals surface area contributed by atoms with Crippen LogP contribution in [0.4, 0.5) is 17.1 Å². The summed E-state index contributed by atoms with van der Waals surface area (Å²) in [4.78, 5) is 47.8. The van der Waals surface area contributed by atoms with E-state index in [1.807, 2.05) is 31.2 Å². The first kappa shape index (κ1) is 24.6. The summed E-state index contributed by atoms with van der Waals surface area (Å²) in [5, 5.41) is 22.9. The molecule has 0 radical (unpaired) electrons. The zero-order valence-corrected chi connectivity index (χ0v) is 18.8. The number of carbonyl (C=O) groups is 4. The van der Waals surface area contributed by atoms with Crippen LogP contribution in [0.2, 0.25) is 0 Å². The van der Waals surface area contributed by atoms with E-state index in [0.717, 1.165) is 5.56 Å². The van der Waals surface area contributed by atoms with Crippen molar-refractivity contribution in [2.45, 2.75) is 25.9 Å². The number of aliphatic carboxylic acids is 1. The molecule has 4 unspecified atom stereocenters. The second kappa shape index (κ2) is 11.2. The number of carboxylic acids is 1. The number of anilines is 1. The van der Waals surface area contributed by atoms with Gasteiger partial charge >= 0.3 is 5.97 Å². The van der Waals surface area contributed by atoms with Crippen LogP contribution in [0.5, 0.6) is 0 Å². The molecule has 1 fully saturated rings. The molecule has 10 heteroatoms. The van der Waals surface area contributed by atoms with Crippen LogP contribution in [0, 0.1) is 24.7 Å². The van der Waals surface area contributed by atoms with Gasteiger partial charge in [-0.25, -0.2) is 0 Å². The van der Waals surface area contributed by atoms with Crippen molar-refractivity contribution in [1.82, 2.24) is 5.32 Å². The minimum absolute atomic E-state index is 0.0623. The third kappa shape index (κ3) is 6.03. The summed E-state index contributed by atoms with van der Waals surface area (Å²) in [6, 6.07) is 14.2. The second-order valence-corrected chi connectivity index (χ2v) is 8.09. The zero-order valence-electron chi connectivity index (χ0n) is 18.8. The summed E-state index contributed by atoms with van der Waals surface area (Å²) >= 11 is 0. The monoisotopic (exact) mass is 466 g/mol. The lowest BCUT2D eigenvalue weighted by Gasteiger charge is -2.23. The molecule has 0 bridgehead atoms. The highest BCUT2D eigenvalue weighted by molar-refractivity contribution is 5.95. The minimum Gasteiger partial charge on any atom is -0.481 e. The molecular formula is C24H26N4O6. The van der Waals surface area contributed by atoms with Gasteiger partial charge in [-0.3, -0.25) is 19.2 Å². The van der Waals surface area contributed by atoms with E-state index in [9.17, 15) is 24.3 Å². The number of nitrogens with zero attached hydrogens (tertiary/aromatic N) is 2. The number of ether oxygens (including phenoxy) is 1. The molecule has 0 spiro atoms. The molecule has 1 aliphatic carbocycles. The van der Waals surface area contributed by atoms with Crippen LogP contribution in [0.3, 0.4) is 0 Å². The fraction of sp³-hybridized carbons (Fsp3) is 0.333. The maximum absolute atomic E-state index is 13.1. The maximum Gasteiger partial charge on any atom is 0.303 e. The molecule has 178 valence electrons. The molecule has 10 nitrogen and oxygen atoms in total. The van der Waals surface area contributed by atoms with Gasteiger partial charge in [0.15, 0.2) is 0 Å². The highest BCUT2D eigenvalue weighted by Crippen LogP contribution is 2.42. The van der Waals surface area contributed by atoms with Crippen molar-refractivity contribution in [2.24, 2.45) is 28.0 Å². The third-order valence-corrected chi connectivity index (χ3v) is 5.84. The average molecular weight is 466 g/mol. The molecule has 4 atom stereocenters. The molecule has 2 aromatic rings. The van der Waals surface area contributed by atoms with E-state index in [4.69, 9.17) is 4.74 Å². The number of amides is 2. The van der Waals surface area contributed by atoms with Crippen molar-refractivity contribution in [3.63, 3.8) is 0 Å². The highest BCUT2D eigenvalue weighted by atomic mass is 16.5. The molecular weight excluding hydrogens is 440 g/mol. The molecule has 2 amide bonds. The van der Waals surface area contributed by atoms with E-state index in [-0.39, 0.29) is 12.9 Å². The largest absolute Gasteiger partial charge is 0.481 e. The minimum atomic E-state index is -1.15. The maximum atomic E-state index is 13.1. The number of carbonyl (C=O) groups excluding carboxylic acids is 3. The van der Waals surface area contributed by atoms with Gasteiger partial charge in [-0.1, -0.05) is 17.7 Å². The predicted octanol–water partition coefficient (Wildman–Crippen LogP) is 3.36. The fourth-order valence-corrected chi connectivity index (χ4v) is 4.19. The van der Waals surface area contributed by atoms with E-state index in [2.05, 4.69) is 20.9 Å². The lowest BCUT2D eigenvalue weighted by molar-refractivity contribution is -0.140. The smallest absolute Gasteiger partial charge is 0.303 e. The number of carboxylic acid groups (broad SMARTS) is 1. The van der Waals surface area contributed by atoms with Crippen molar-refractivity contribution in [3.05, 3.63) is 54.1 Å². The van der Waals surface area contributed by atoms with Gasteiger partial charge in [0.1, 0.15) is 6.10 Å². The molecule has 0 saturated heterocycles. The zero-order chi connectivity index (χ0) is 24.7. The Labute approximate surface area is 196 Å². The fourth-order valence-electron chi connectivity index (χ4n) is 4.19. The molecule has 3 N–H and O–H groups in total. The first-order valence-corrected chi connectivity index (χ1v) is 10.7. The number of benzene rings is 2. The van der Waals surface area contributed by atoms with Gasteiger partial charge in [-0.15, -0.1) is 0 Å². The van der Waals surface area contributed by atoms with Crippen LogP contribution in [-0.4, -0.2) is 42.5 Å². The van der Waals surface area contributed by atoms with E-state index in [1.54, 1.807) is 24.3 Å². The van der Waals surface area contributed by atoms with E-state index in [0.29, 0.717) is 17.1 Å². The first-order chi connectivity index (χ1) is 16.3. The SMILES string of the molecule is CNC(=O)C1CC(OC=O)C(C(=O)Nc2ccc(N=Nc3ccc(C)cc3)cc2)C1CC(=O)O. The summed E-state index contributed by atoms with van der Waals surface area (Å²) < 4.78 is 5.07. The van der Waals surface area contributed by atoms with Crippen LogP contribution < -0.4 is 10.6 Å². The normalized spacial score (nSPS) is 21.7. The van der Waals surface area contributed by atoms with Gasteiger partial charge in [0.2, 0.25) is 11.8 Å². The van der Waals surface area contributed by atoms with Crippen LogP contribution in [0.1, 0.15) is 18.4 Å². The molecule has 1 saturated carbocycles. The molecule has 34 heavy (non-hydrogen) atoms. The van der Waals surface area contributed by atoms with Gasteiger partial charge in [0.25, 0.3) is 6.47 Å². The van der Waals surface area contributed by atoms with Gasteiger partial charge < -0.3 is 20.5 Å².